The number of piperidine rings is 1. The lowest BCUT2D eigenvalue weighted by molar-refractivity contribution is 0.231. The number of hydrogen-bond donors (Lipinski definition) is 0. The maximum Gasteiger partial charge on any atom is 0.246 e. The van der Waals surface area contributed by atoms with E-state index in [9.17, 15) is 8.42 Å². The zero-order valence-electron chi connectivity index (χ0n) is 15.6. The van der Waals surface area contributed by atoms with Gasteiger partial charge in [0.25, 0.3) is 0 Å². The maximum atomic E-state index is 12.9. The summed E-state index contributed by atoms with van der Waals surface area (Å²) >= 11 is 0. The van der Waals surface area contributed by atoms with Crippen LogP contribution in [0.2, 0.25) is 0 Å². The van der Waals surface area contributed by atoms with Crippen LogP contribution in [-0.4, -0.2) is 60.8 Å². The summed E-state index contributed by atoms with van der Waals surface area (Å²) in [5, 5.41) is 16.7. The van der Waals surface area contributed by atoms with Crippen molar-refractivity contribution in [3.63, 3.8) is 0 Å². The van der Waals surface area contributed by atoms with E-state index in [1.165, 1.54) is 15.3 Å². The van der Waals surface area contributed by atoms with Crippen molar-refractivity contribution in [3.05, 3.63) is 36.9 Å². The van der Waals surface area contributed by atoms with E-state index in [1.54, 1.807) is 23.3 Å². The number of tetrazole rings is 1. The molecule has 3 aromatic rings. The molecule has 28 heavy (non-hydrogen) atoms. The molecule has 0 saturated carbocycles. The summed E-state index contributed by atoms with van der Waals surface area (Å²) in [5.74, 6) is 0.640. The zero-order chi connectivity index (χ0) is 19.6. The Morgan fingerprint density at radius 1 is 1.29 bits per heavy atom. The van der Waals surface area contributed by atoms with Crippen molar-refractivity contribution < 1.29 is 8.42 Å². The highest BCUT2D eigenvalue weighted by Crippen LogP contribution is 2.24. The first kappa shape index (κ1) is 18.7. The Morgan fingerprint density at radius 2 is 2.18 bits per heavy atom. The van der Waals surface area contributed by atoms with E-state index < -0.39 is 10.0 Å². The van der Waals surface area contributed by atoms with E-state index in [4.69, 9.17) is 0 Å². The highest BCUT2D eigenvalue weighted by molar-refractivity contribution is 7.89. The molecule has 10 nitrogen and oxygen atoms in total. The van der Waals surface area contributed by atoms with Gasteiger partial charge < -0.3 is 0 Å². The minimum Gasteiger partial charge on any atom is -0.272 e. The molecular formula is C17H22N8O2S. The van der Waals surface area contributed by atoms with Crippen molar-refractivity contribution in [3.8, 4) is 11.4 Å². The summed E-state index contributed by atoms with van der Waals surface area (Å²) in [6.45, 7) is 4.03. The summed E-state index contributed by atoms with van der Waals surface area (Å²) in [7, 11) is -3.54. The number of rotatable bonds is 6. The minimum atomic E-state index is -3.54. The molecule has 148 valence electrons. The van der Waals surface area contributed by atoms with E-state index in [2.05, 4.69) is 25.5 Å². The van der Waals surface area contributed by atoms with E-state index in [0.29, 0.717) is 32.0 Å². The van der Waals surface area contributed by atoms with Gasteiger partial charge in [0.2, 0.25) is 15.8 Å². The first-order valence-corrected chi connectivity index (χ1v) is 10.7. The van der Waals surface area contributed by atoms with Gasteiger partial charge in [-0.3, -0.25) is 9.67 Å². The van der Waals surface area contributed by atoms with Crippen molar-refractivity contribution in [2.24, 2.45) is 5.92 Å². The fraction of sp³-hybridized carbons (Fsp3) is 0.471. The molecule has 0 amide bonds. The maximum absolute atomic E-state index is 12.9. The Labute approximate surface area is 163 Å². The molecule has 4 heterocycles. The summed E-state index contributed by atoms with van der Waals surface area (Å²) < 4.78 is 29.0. The Bertz CT molecular complexity index is 1030. The van der Waals surface area contributed by atoms with Crippen LogP contribution in [0.15, 0.2) is 41.8 Å². The van der Waals surface area contributed by atoms with Gasteiger partial charge in [-0.05, 0) is 43.0 Å². The second-order valence-electron chi connectivity index (χ2n) is 6.81. The number of hydrogen-bond acceptors (Lipinski definition) is 7. The second kappa shape index (κ2) is 7.76. The number of pyridine rings is 1. The molecule has 1 atom stereocenters. The molecule has 3 aromatic heterocycles. The van der Waals surface area contributed by atoms with Crippen molar-refractivity contribution in [1.82, 2.24) is 39.3 Å². The average molecular weight is 402 g/mol. The van der Waals surface area contributed by atoms with Crippen LogP contribution in [0.25, 0.3) is 11.4 Å². The quantitative estimate of drug-likeness (QED) is 0.606. The second-order valence-corrected chi connectivity index (χ2v) is 8.75. The molecule has 1 aliphatic heterocycles. The summed E-state index contributed by atoms with van der Waals surface area (Å²) in [4.78, 5) is 5.85. The molecule has 0 spiro atoms. The van der Waals surface area contributed by atoms with Gasteiger partial charge >= 0.3 is 0 Å². The lowest BCUT2D eigenvalue weighted by Gasteiger charge is -2.31. The van der Waals surface area contributed by atoms with Crippen molar-refractivity contribution >= 4 is 10.0 Å². The lowest BCUT2D eigenvalue weighted by atomic mass is 10.00. The first-order chi connectivity index (χ1) is 13.6. The van der Waals surface area contributed by atoms with Crippen LogP contribution in [0.4, 0.5) is 0 Å². The Kier molecular flexibility index (Phi) is 5.18. The molecule has 0 N–H and O–H groups in total. The number of nitrogens with zero attached hydrogens (tertiary/aromatic N) is 8. The molecule has 1 saturated heterocycles. The fourth-order valence-electron chi connectivity index (χ4n) is 3.36. The molecule has 1 aliphatic rings. The van der Waals surface area contributed by atoms with Crippen LogP contribution in [0.3, 0.4) is 0 Å². The van der Waals surface area contributed by atoms with E-state index in [-0.39, 0.29) is 10.8 Å². The predicted octanol–water partition coefficient (Wildman–Crippen LogP) is 1.05. The standard InChI is InChI=1S/C17H22N8O2S/c1-2-23-13-16(10-19-23)28(26,27)24-8-4-5-14(11-24)12-25-21-17(20-22-25)15-6-3-7-18-9-15/h3,6-7,9-10,13-14H,2,4-5,8,11-12H2,1H3/t14-/m1/s1. The molecule has 0 radical (unpaired) electrons. The van der Waals surface area contributed by atoms with Crippen LogP contribution in [-0.2, 0) is 23.1 Å². The van der Waals surface area contributed by atoms with Crippen LogP contribution in [0.5, 0.6) is 0 Å². The van der Waals surface area contributed by atoms with Gasteiger partial charge in [-0.1, -0.05) is 0 Å². The number of aromatic nitrogens is 7. The van der Waals surface area contributed by atoms with Crippen LogP contribution in [0, 0.1) is 5.92 Å². The minimum absolute atomic E-state index is 0.126. The Balaban J connectivity index is 1.45. The van der Waals surface area contributed by atoms with Gasteiger partial charge in [0, 0.05) is 43.8 Å². The first-order valence-electron chi connectivity index (χ1n) is 9.27. The number of aryl methyl sites for hydroxylation is 1. The summed E-state index contributed by atoms with van der Waals surface area (Å²) in [5.41, 5.74) is 0.800. The monoisotopic (exact) mass is 402 g/mol. The van der Waals surface area contributed by atoms with Gasteiger partial charge in [0.1, 0.15) is 4.90 Å². The molecule has 4 rings (SSSR count). The largest absolute Gasteiger partial charge is 0.272 e. The molecule has 0 bridgehead atoms. The van der Waals surface area contributed by atoms with Gasteiger partial charge in [-0.25, -0.2) is 8.42 Å². The third-order valence-corrected chi connectivity index (χ3v) is 6.67. The van der Waals surface area contributed by atoms with E-state index in [1.807, 2.05) is 19.1 Å². The number of sulfonamides is 1. The van der Waals surface area contributed by atoms with Crippen LogP contribution >= 0.6 is 0 Å². The molecule has 11 heteroatoms. The van der Waals surface area contributed by atoms with Gasteiger partial charge in [0.05, 0.1) is 12.7 Å². The lowest BCUT2D eigenvalue weighted by Crippen LogP contribution is -2.41. The van der Waals surface area contributed by atoms with Crippen LogP contribution in [0.1, 0.15) is 19.8 Å². The third-order valence-electron chi connectivity index (χ3n) is 4.85. The molecular weight excluding hydrogens is 380 g/mol. The Morgan fingerprint density at radius 3 is 2.93 bits per heavy atom. The smallest absolute Gasteiger partial charge is 0.246 e. The molecule has 0 aromatic carbocycles. The molecule has 0 aliphatic carbocycles. The third kappa shape index (κ3) is 3.80. The van der Waals surface area contributed by atoms with Crippen molar-refractivity contribution in [2.45, 2.75) is 37.8 Å². The SMILES string of the molecule is CCn1cc(S(=O)(=O)N2CCC[C@@H](Cn3nnc(-c4cccnc4)n3)C2)cn1. The van der Waals surface area contributed by atoms with E-state index in [0.717, 1.165) is 18.4 Å². The highest BCUT2D eigenvalue weighted by atomic mass is 32.2. The highest BCUT2D eigenvalue weighted by Gasteiger charge is 2.31. The topological polar surface area (TPSA) is 112 Å². The normalized spacial score (nSPS) is 18.4. The predicted molar refractivity (Wildman–Crippen MR) is 100 cm³/mol. The molecule has 0 unspecified atom stereocenters. The van der Waals surface area contributed by atoms with Gasteiger partial charge in [-0.2, -0.15) is 14.2 Å². The van der Waals surface area contributed by atoms with Crippen molar-refractivity contribution in [2.75, 3.05) is 13.1 Å². The van der Waals surface area contributed by atoms with Gasteiger partial charge in [0.15, 0.2) is 0 Å². The van der Waals surface area contributed by atoms with Crippen molar-refractivity contribution in [1.29, 1.82) is 0 Å². The fourth-order valence-corrected chi connectivity index (χ4v) is 4.87. The average Bonchev–Trinajstić information content (AvgIpc) is 3.39. The van der Waals surface area contributed by atoms with Gasteiger partial charge in [-0.15, -0.1) is 10.2 Å². The van der Waals surface area contributed by atoms with Crippen LogP contribution < -0.4 is 0 Å². The summed E-state index contributed by atoms with van der Waals surface area (Å²) in [6.07, 6.45) is 8.10. The molecule has 1 fully saturated rings. The summed E-state index contributed by atoms with van der Waals surface area (Å²) in [6, 6.07) is 3.69. The Hall–Kier alpha value is -2.66. The zero-order valence-corrected chi connectivity index (χ0v) is 16.4. The van der Waals surface area contributed by atoms with E-state index >= 15 is 0 Å².